The maximum Gasteiger partial charge on any atom is 0.261 e. The van der Waals surface area contributed by atoms with Gasteiger partial charge in [-0.2, -0.15) is 0 Å². The first kappa shape index (κ1) is 15.3. The van der Waals surface area contributed by atoms with Crippen LogP contribution < -0.4 is 5.32 Å². The number of alkyl halides is 2. The van der Waals surface area contributed by atoms with Gasteiger partial charge in [-0.15, -0.1) is 0 Å². The summed E-state index contributed by atoms with van der Waals surface area (Å²) in [4.78, 5) is 25.4. The Morgan fingerprint density at radius 3 is 2.65 bits per heavy atom. The summed E-state index contributed by atoms with van der Waals surface area (Å²) in [5, 5.41) is 2.91. The molecule has 114 valence electrons. The molecule has 0 radical (unpaired) electrons. The van der Waals surface area contributed by atoms with Gasteiger partial charge < -0.3 is 10.1 Å². The van der Waals surface area contributed by atoms with Gasteiger partial charge in [-0.25, -0.2) is 8.78 Å². The molecule has 5 nitrogen and oxygen atoms in total. The molecule has 1 heterocycles. The zero-order valence-electron chi connectivity index (χ0n) is 11.3. The molecule has 0 bridgehead atoms. The molecule has 0 aromatic rings. The van der Waals surface area contributed by atoms with Crippen LogP contribution in [0.25, 0.3) is 0 Å². The molecule has 2 fully saturated rings. The third-order valence-corrected chi connectivity index (χ3v) is 3.75. The first-order chi connectivity index (χ1) is 9.59. The van der Waals surface area contributed by atoms with Gasteiger partial charge in [0.25, 0.3) is 6.43 Å². The lowest BCUT2D eigenvalue weighted by Gasteiger charge is -2.22. The number of halogens is 2. The average Bonchev–Trinajstić information content (AvgIpc) is 2.98. The summed E-state index contributed by atoms with van der Waals surface area (Å²) in [7, 11) is 0. The van der Waals surface area contributed by atoms with Crippen LogP contribution in [0.1, 0.15) is 32.1 Å². The lowest BCUT2D eigenvalue weighted by molar-refractivity contribution is -0.141. The maximum absolute atomic E-state index is 12.2. The van der Waals surface area contributed by atoms with E-state index < -0.39 is 19.1 Å². The lowest BCUT2D eigenvalue weighted by Crippen LogP contribution is -2.43. The number of nitrogens with zero attached hydrogens (tertiary/aromatic N) is 1. The van der Waals surface area contributed by atoms with Crippen molar-refractivity contribution in [2.45, 2.75) is 50.6 Å². The van der Waals surface area contributed by atoms with Crippen LogP contribution in [0.3, 0.4) is 0 Å². The van der Waals surface area contributed by atoms with Crippen molar-refractivity contribution in [3.63, 3.8) is 0 Å². The normalized spacial score (nSPS) is 24.4. The highest BCUT2D eigenvalue weighted by atomic mass is 19.3. The van der Waals surface area contributed by atoms with Gasteiger partial charge >= 0.3 is 0 Å². The molecule has 1 aliphatic heterocycles. The zero-order valence-corrected chi connectivity index (χ0v) is 11.3. The topological polar surface area (TPSA) is 58.6 Å². The highest BCUT2D eigenvalue weighted by Gasteiger charge is 2.42. The quantitative estimate of drug-likeness (QED) is 0.560. The van der Waals surface area contributed by atoms with Gasteiger partial charge in [-0.1, -0.05) is 12.8 Å². The fraction of sp³-hybridized carbons (Fsp3) is 0.846. The molecule has 20 heavy (non-hydrogen) atoms. The van der Waals surface area contributed by atoms with E-state index in [-0.39, 0.29) is 37.4 Å². The van der Waals surface area contributed by atoms with E-state index in [4.69, 9.17) is 4.74 Å². The Morgan fingerprint density at radius 1 is 1.30 bits per heavy atom. The fourth-order valence-corrected chi connectivity index (χ4v) is 2.83. The van der Waals surface area contributed by atoms with E-state index in [1.807, 2.05) is 0 Å². The number of imide groups is 1. The Balaban J connectivity index is 1.73. The molecule has 1 saturated heterocycles. The minimum atomic E-state index is -2.48. The van der Waals surface area contributed by atoms with E-state index in [1.54, 1.807) is 0 Å². The van der Waals surface area contributed by atoms with E-state index in [2.05, 4.69) is 5.32 Å². The number of carbonyl (C=O) groups is 2. The van der Waals surface area contributed by atoms with Crippen LogP contribution in [0.2, 0.25) is 0 Å². The number of nitrogens with one attached hydrogen (secondary N) is 1. The summed E-state index contributed by atoms with van der Waals surface area (Å²) >= 11 is 0. The van der Waals surface area contributed by atoms with Crippen LogP contribution in [0.15, 0.2) is 0 Å². The number of hydrogen-bond acceptors (Lipinski definition) is 4. The van der Waals surface area contributed by atoms with Crippen LogP contribution in [-0.2, 0) is 14.3 Å². The molecule has 0 spiro atoms. The molecule has 1 unspecified atom stereocenters. The molecule has 2 aliphatic rings. The summed E-state index contributed by atoms with van der Waals surface area (Å²) in [6.07, 6.45) is 1.57. The average molecular weight is 290 g/mol. The summed E-state index contributed by atoms with van der Waals surface area (Å²) < 4.78 is 28.4. The molecule has 2 amide bonds. The largest absolute Gasteiger partial charge is 0.374 e. The fourth-order valence-electron chi connectivity index (χ4n) is 2.83. The number of amides is 2. The zero-order chi connectivity index (χ0) is 14.5. The molecular weight excluding hydrogens is 270 g/mol. The van der Waals surface area contributed by atoms with Gasteiger partial charge in [0.15, 0.2) is 0 Å². The molecule has 1 atom stereocenters. The van der Waals surface area contributed by atoms with Crippen LogP contribution in [0.5, 0.6) is 0 Å². The van der Waals surface area contributed by atoms with Crippen LogP contribution in [-0.4, -0.2) is 55.0 Å². The number of ether oxygens (including phenoxy) is 1. The Hall–Kier alpha value is -1.08. The number of likely N-dealkylation sites (tertiary alicyclic amines) is 1. The van der Waals surface area contributed by atoms with Crippen molar-refractivity contribution in [2.24, 2.45) is 0 Å². The first-order valence-electron chi connectivity index (χ1n) is 7.04. The highest BCUT2D eigenvalue weighted by molar-refractivity contribution is 6.05. The predicted molar refractivity (Wildman–Crippen MR) is 67.3 cm³/mol. The van der Waals surface area contributed by atoms with Crippen LogP contribution in [0, 0.1) is 0 Å². The van der Waals surface area contributed by atoms with Gasteiger partial charge in [-0.3, -0.25) is 14.5 Å². The van der Waals surface area contributed by atoms with Crippen LogP contribution >= 0.6 is 0 Å². The van der Waals surface area contributed by atoms with Crippen molar-refractivity contribution in [3.8, 4) is 0 Å². The van der Waals surface area contributed by atoms with Crippen molar-refractivity contribution in [2.75, 3.05) is 19.8 Å². The number of hydrogen-bond donors (Lipinski definition) is 1. The van der Waals surface area contributed by atoms with Gasteiger partial charge in [0.1, 0.15) is 6.61 Å². The van der Waals surface area contributed by atoms with E-state index in [0.29, 0.717) is 0 Å². The smallest absolute Gasteiger partial charge is 0.261 e. The Kier molecular flexibility index (Phi) is 5.42. The molecular formula is C13H20F2N2O3. The Labute approximate surface area is 116 Å². The second-order valence-corrected chi connectivity index (χ2v) is 5.22. The van der Waals surface area contributed by atoms with Crippen molar-refractivity contribution in [1.82, 2.24) is 10.2 Å². The summed E-state index contributed by atoms with van der Waals surface area (Å²) in [5.74, 6) is -0.316. The third-order valence-electron chi connectivity index (χ3n) is 3.75. The van der Waals surface area contributed by atoms with Gasteiger partial charge in [-0.05, 0) is 12.8 Å². The number of rotatable bonds is 7. The van der Waals surface area contributed by atoms with Crippen molar-refractivity contribution >= 4 is 11.8 Å². The maximum atomic E-state index is 12.2. The minimum absolute atomic E-state index is 0.0527. The second-order valence-electron chi connectivity index (χ2n) is 5.22. The predicted octanol–water partition coefficient (Wildman–Crippen LogP) is 0.928. The van der Waals surface area contributed by atoms with E-state index >= 15 is 0 Å². The highest BCUT2D eigenvalue weighted by Crippen LogP contribution is 2.27. The van der Waals surface area contributed by atoms with Crippen molar-refractivity contribution in [3.05, 3.63) is 0 Å². The SMILES string of the molecule is O=C1CC(NCCOCC(F)F)C(=O)N1C1CCCC1. The van der Waals surface area contributed by atoms with Crippen molar-refractivity contribution in [1.29, 1.82) is 0 Å². The van der Waals surface area contributed by atoms with Crippen molar-refractivity contribution < 1.29 is 23.1 Å². The standard InChI is InChI=1S/C13H20F2N2O3/c14-11(15)8-20-6-5-16-10-7-12(18)17(13(10)19)9-3-1-2-4-9/h9-11,16H,1-8H2. The number of carbonyl (C=O) groups excluding carboxylic acids is 2. The lowest BCUT2D eigenvalue weighted by atomic mass is 10.2. The molecule has 1 saturated carbocycles. The first-order valence-corrected chi connectivity index (χ1v) is 7.04. The molecule has 0 aromatic heterocycles. The van der Waals surface area contributed by atoms with Gasteiger partial charge in [0, 0.05) is 12.6 Å². The summed E-state index contributed by atoms with van der Waals surface area (Å²) in [6.45, 7) is -0.214. The molecule has 7 heteroatoms. The second kappa shape index (κ2) is 7.08. The third kappa shape index (κ3) is 3.73. The van der Waals surface area contributed by atoms with Crippen LogP contribution in [0.4, 0.5) is 8.78 Å². The molecule has 2 rings (SSSR count). The van der Waals surface area contributed by atoms with E-state index in [1.165, 1.54) is 4.90 Å². The van der Waals surface area contributed by atoms with Gasteiger partial charge in [0.2, 0.25) is 11.8 Å². The van der Waals surface area contributed by atoms with E-state index in [0.717, 1.165) is 25.7 Å². The monoisotopic (exact) mass is 290 g/mol. The molecule has 1 aliphatic carbocycles. The summed E-state index contributed by atoms with van der Waals surface area (Å²) in [6, 6.07) is -0.477. The molecule has 1 N–H and O–H groups in total. The summed E-state index contributed by atoms with van der Waals surface area (Å²) in [5.41, 5.74) is 0. The Bertz CT molecular complexity index is 360. The van der Waals surface area contributed by atoms with E-state index in [9.17, 15) is 18.4 Å². The molecule has 0 aromatic carbocycles. The minimum Gasteiger partial charge on any atom is -0.374 e. The van der Waals surface area contributed by atoms with Gasteiger partial charge in [0.05, 0.1) is 19.1 Å². The Morgan fingerprint density at radius 2 is 2.00 bits per heavy atom.